The number of allylic oxidation sites excluding steroid dienone is 1. The number of hydrogen-bond acceptors (Lipinski definition) is 6. The summed E-state index contributed by atoms with van der Waals surface area (Å²) >= 11 is 0. The first-order chi connectivity index (χ1) is 23.7. The highest BCUT2D eigenvalue weighted by Crippen LogP contribution is 2.45. The second kappa shape index (κ2) is 14.5. The van der Waals surface area contributed by atoms with E-state index in [1.807, 2.05) is 67.6 Å². The molecule has 4 amide bonds. The number of carboxylic acid groups (broad SMARTS) is 1. The molecule has 5 atom stereocenters. The molecule has 3 heterocycles. The predicted molar refractivity (Wildman–Crippen MR) is 187 cm³/mol. The molecule has 4 N–H and O–H groups in total. The molecule has 3 aromatic rings. The molecule has 1 saturated carbocycles. The summed E-state index contributed by atoms with van der Waals surface area (Å²) in [6.45, 7) is 6.21. The van der Waals surface area contributed by atoms with Gasteiger partial charge in [0.2, 0.25) is 11.8 Å². The van der Waals surface area contributed by atoms with Gasteiger partial charge in [0.05, 0.1) is 17.8 Å². The monoisotopic (exact) mass is 665 g/mol. The Bertz CT molecular complexity index is 1780. The van der Waals surface area contributed by atoms with Gasteiger partial charge < -0.3 is 30.7 Å². The molecule has 0 spiro atoms. The van der Waals surface area contributed by atoms with Crippen molar-refractivity contribution in [1.82, 2.24) is 25.8 Å². The number of urea groups is 1. The van der Waals surface area contributed by atoms with Crippen molar-refractivity contribution in [3.8, 4) is 17.0 Å². The maximum atomic E-state index is 14.3. The first-order valence-corrected chi connectivity index (χ1v) is 17.1. The highest BCUT2D eigenvalue weighted by Gasteiger charge is 2.61. The zero-order valence-corrected chi connectivity index (χ0v) is 27.7. The van der Waals surface area contributed by atoms with Crippen LogP contribution < -0.4 is 20.7 Å². The van der Waals surface area contributed by atoms with Gasteiger partial charge in [-0.1, -0.05) is 74.4 Å². The number of hydrogen-bond donors (Lipinski definition) is 4. The third kappa shape index (κ3) is 7.30. The molecule has 49 heavy (non-hydrogen) atoms. The Morgan fingerprint density at radius 3 is 2.73 bits per heavy atom. The minimum atomic E-state index is -1.46. The smallest absolute Gasteiger partial charge is 0.330 e. The number of rotatable bonds is 8. The molecular formula is C38H43N5O6. The molecule has 2 fully saturated rings. The summed E-state index contributed by atoms with van der Waals surface area (Å²) in [5.41, 5.74) is 1.86. The largest absolute Gasteiger partial charge is 0.488 e. The minimum Gasteiger partial charge on any atom is -0.488 e. The fourth-order valence-electron chi connectivity index (χ4n) is 6.76. The van der Waals surface area contributed by atoms with Crippen LogP contribution in [0, 0.1) is 5.92 Å². The van der Waals surface area contributed by atoms with Crippen molar-refractivity contribution in [3.63, 3.8) is 0 Å². The van der Waals surface area contributed by atoms with Gasteiger partial charge in [0.25, 0.3) is 0 Å². The van der Waals surface area contributed by atoms with Crippen molar-refractivity contribution < 1.29 is 29.0 Å². The van der Waals surface area contributed by atoms with Gasteiger partial charge in [-0.15, -0.1) is 6.58 Å². The van der Waals surface area contributed by atoms with E-state index in [9.17, 15) is 24.3 Å². The molecule has 11 nitrogen and oxygen atoms in total. The minimum absolute atomic E-state index is 0.0673. The lowest BCUT2D eigenvalue weighted by molar-refractivity contribution is -0.145. The molecule has 2 aliphatic heterocycles. The van der Waals surface area contributed by atoms with Crippen LogP contribution in [0.5, 0.6) is 5.75 Å². The number of fused-ring (bicyclic) bond motifs is 3. The number of unbranched alkanes of at least 4 members (excludes halogenated alkanes) is 1. The fourth-order valence-corrected chi connectivity index (χ4v) is 6.76. The standard InChI is InChI=1S/C38H43N5O6/c1-3-5-15-30-35(45)43-23-27(20-32(43)34(44)42-38(36(46)47)22-26(38)4-2)49-33-21-31(25-13-9-6-10-14-25)40-29-17-16-24(19-28(29)33)12-8-7-11-18-39-37(48)41-30/h4,6,8-10,12-14,16-17,19,21,26-27,30,32H,2-3,5,7,11,15,18,20,22-23H2,1H3,(H,42,44)(H,46,47)(H2,39,41,48)/t26-,27+,30+,32+,38-/m1/s1. The summed E-state index contributed by atoms with van der Waals surface area (Å²) in [4.78, 5) is 59.8. The van der Waals surface area contributed by atoms with E-state index >= 15 is 0 Å². The number of carbonyl (C=O) groups is 4. The Hall–Kier alpha value is -5.19. The molecule has 3 aliphatic rings. The fraction of sp³-hybridized carbons (Fsp3) is 0.395. The van der Waals surface area contributed by atoms with Gasteiger partial charge in [-0.3, -0.25) is 9.59 Å². The quantitative estimate of drug-likeness (QED) is 0.246. The van der Waals surface area contributed by atoms with Crippen molar-refractivity contribution in [2.45, 2.75) is 75.6 Å². The summed E-state index contributed by atoms with van der Waals surface area (Å²) in [5, 5.41) is 19.2. The van der Waals surface area contributed by atoms with Crippen LogP contribution in [0.3, 0.4) is 0 Å². The van der Waals surface area contributed by atoms with Crippen molar-refractivity contribution in [2.24, 2.45) is 5.92 Å². The lowest BCUT2D eigenvalue weighted by atomic mass is 10.1. The average Bonchev–Trinajstić information content (AvgIpc) is 3.67. The first kappa shape index (κ1) is 33.7. The summed E-state index contributed by atoms with van der Waals surface area (Å²) in [6.07, 6.45) is 8.67. The van der Waals surface area contributed by atoms with E-state index in [1.165, 1.54) is 11.0 Å². The zero-order chi connectivity index (χ0) is 34.5. The van der Waals surface area contributed by atoms with Gasteiger partial charge in [-0.2, -0.15) is 0 Å². The van der Waals surface area contributed by atoms with Crippen molar-refractivity contribution in [1.29, 1.82) is 0 Å². The molecule has 4 bridgehead atoms. The molecule has 1 aromatic heterocycles. The SMILES string of the molecule is C=C[C@@H]1C[C@]1(NC(=O)[C@@H]1C[C@H]2CN1C(=O)[C@H](CCCC)NC(=O)NCCCC=Cc1ccc3nc(-c4ccccc4)cc(c3c1)O2)C(=O)O. The van der Waals surface area contributed by atoms with Gasteiger partial charge >= 0.3 is 12.0 Å². The number of carboxylic acids is 1. The van der Waals surface area contributed by atoms with Crippen LogP contribution in [0.25, 0.3) is 28.2 Å². The number of nitrogens with zero attached hydrogens (tertiary/aromatic N) is 2. The second-order valence-electron chi connectivity index (χ2n) is 13.1. The van der Waals surface area contributed by atoms with E-state index in [0.717, 1.165) is 40.6 Å². The highest BCUT2D eigenvalue weighted by atomic mass is 16.5. The van der Waals surface area contributed by atoms with Crippen LogP contribution in [0.4, 0.5) is 4.79 Å². The van der Waals surface area contributed by atoms with Crippen molar-refractivity contribution in [3.05, 3.63) is 78.9 Å². The maximum absolute atomic E-state index is 14.3. The second-order valence-corrected chi connectivity index (χ2v) is 13.1. The van der Waals surface area contributed by atoms with Crippen LogP contribution >= 0.6 is 0 Å². The van der Waals surface area contributed by atoms with Gasteiger partial charge in [0.1, 0.15) is 29.5 Å². The number of aromatic nitrogens is 1. The number of carbonyl (C=O) groups excluding carboxylic acids is 3. The van der Waals surface area contributed by atoms with Crippen molar-refractivity contribution in [2.75, 3.05) is 13.1 Å². The number of aliphatic carboxylic acids is 1. The third-order valence-corrected chi connectivity index (χ3v) is 9.63. The first-order valence-electron chi connectivity index (χ1n) is 17.1. The molecule has 2 aromatic carbocycles. The summed E-state index contributed by atoms with van der Waals surface area (Å²) in [6, 6.07) is 15.3. The van der Waals surface area contributed by atoms with Crippen LogP contribution in [-0.2, 0) is 14.4 Å². The van der Waals surface area contributed by atoms with Crippen LogP contribution in [0.1, 0.15) is 57.4 Å². The number of amides is 4. The highest BCUT2D eigenvalue weighted by molar-refractivity contribution is 5.96. The lowest BCUT2D eigenvalue weighted by Gasteiger charge is -2.29. The average molecular weight is 666 g/mol. The van der Waals surface area contributed by atoms with Crippen molar-refractivity contribution >= 4 is 40.8 Å². The van der Waals surface area contributed by atoms with Gasteiger partial charge in [0, 0.05) is 35.9 Å². The molecular weight excluding hydrogens is 622 g/mol. The Balaban J connectivity index is 1.39. The summed E-state index contributed by atoms with van der Waals surface area (Å²) in [5.74, 6) is -1.99. The van der Waals surface area contributed by atoms with Gasteiger partial charge in [0.15, 0.2) is 0 Å². The number of pyridine rings is 1. The van der Waals surface area contributed by atoms with Crippen LogP contribution in [-0.4, -0.2) is 75.6 Å². The normalized spacial score (nSPS) is 25.4. The third-order valence-electron chi connectivity index (χ3n) is 9.63. The van der Waals surface area contributed by atoms with E-state index in [2.05, 4.69) is 28.6 Å². The molecule has 256 valence electrons. The van der Waals surface area contributed by atoms with E-state index < -0.39 is 53.5 Å². The van der Waals surface area contributed by atoms with Gasteiger partial charge in [-0.05, 0) is 43.4 Å². The zero-order valence-electron chi connectivity index (χ0n) is 27.7. The molecule has 11 heteroatoms. The number of nitrogens with one attached hydrogen (secondary N) is 3. The Morgan fingerprint density at radius 2 is 2.00 bits per heavy atom. The van der Waals surface area contributed by atoms with E-state index in [-0.39, 0.29) is 19.4 Å². The van der Waals surface area contributed by atoms with E-state index in [0.29, 0.717) is 31.6 Å². The van der Waals surface area contributed by atoms with E-state index in [1.54, 1.807) is 0 Å². The van der Waals surface area contributed by atoms with E-state index in [4.69, 9.17) is 9.72 Å². The molecule has 0 unspecified atom stereocenters. The van der Waals surface area contributed by atoms with Crippen LogP contribution in [0.2, 0.25) is 0 Å². The molecule has 0 radical (unpaired) electrons. The number of benzene rings is 2. The van der Waals surface area contributed by atoms with Crippen LogP contribution in [0.15, 0.2) is 73.3 Å². The molecule has 1 aliphatic carbocycles. The summed E-state index contributed by atoms with van der Waals surface area (Å²) in [7, 11) is 0. The Morgan fingerprint density at radius 1 is 1.18 bits per heavy atom. The molecule has 1 saturated heterocycles. The topological polar surface area (TPSA) is 150 Å². The lowest BCUT2D eigenvalue weighted by Crippen LogP contribution is -2.57. The summed E-state index contributed by atoms with van der Waals surface area (Å²) < 4.78 is 6.71. The maximum Gasteiger partial charge on any atom is 0.330 e. The number of ether oxygens (including phenoxy) is 1. The predicted octanol–water partition coefficient (Wildman–Crippen LogP) is 5.06. The Labute approximate surface area is 285 Å². The Kier molecular flexibility index (Phi) is 9.98. The molecule has 6 rings (SSSR count). The van der Waals surface area contributed by atoms with Gasteiger partial charge in [-0.25, -0.2) is 14.6 Å².